The molecule has 0 aliphatic carbocycles. The van der Waals surface area contributed by atoms with E-state index in [-0.39, 0.29) is 6.61 Å². The van der Waals surface area contributed by atoms with Crippen LogP contribution in [0, 0.1) is 0 Å². The van der Waals surface area contributed by atoms with Gasteiger partial charge in [0.1, 0.15) is 17.1 Å². The molecule has 0 spiro atoms. The van der Waals surface area contributed by atoms with Crippen molar-refractivity contribution >= 4 is 44.2 Å². The van der Waals surface area contributed by atoms with Gasteiger partial charge in [-0.05, 0) is 34.7 Å². The number of ether oxygens (including phenoxy) is 1. The smallest absolute Gasteiger partial charge is 0.305 e. The largest absolute Gasteiger partial charge is 0.457 e. The number of hydrogen-bond acceptors (Lipinski definition) is 7. The predicted octanol–water partition coefficient (Wildman–Crippen LogP) is 3.39. The zero-order valence-corrected chi connectivity index (χ0v) is 15.6. The monoisotopic (exact) mass is 397 g/mol. The minimum Gasteiger partial charge on any atom is -0.457 e. The van der Waals surface area contributed by atoms with Crippen molar-refractivity contribution in [3.63, 3.8) is 0 Å². The summed E-state index contributed by atoms with van der Waals surface area (Å²) in [5.74, 6) is 0.485. The molecule has 2 aromatic carbocycles. The van der Waals surface area contributed by atoms with Crippen molar-refractivity contribution in [3.8, 4) is 12.0 Å². The van der Waals surface area contributed by atoms with E-state index in [2.05, 4.69) is 25.5 Å². The Bertz CT molecular complexity index is 1240. The van der Waals surface area contributed by atoms with Gasteiger partial charge in [-0.3, -0.25) is 0 Å². The van der Waals surface area contributed by atoms with Gasteiger partial charge in [0.2, 0.25) is 0 Å². The number of rotatable bonds is 4. The van der Waals surface area contributed by atoms with Gasteiger partial charge in [0.05, 0.1) is 20.8 Å². The van der Waals surface area contributed by atoms with Crippen LogP contribution < -0.4 is 4.74 Å². The minimum absolute atomic E-state index is 0.283. The van der Waals surface area contributed by atoms with E-state index < -0.39 is 0 Å². The van der Waals surface area contributed by atoms with E-state index in [0.717, 1.165) is 20.7 Å². The molecule has 3 aromatic heterocycles. The van der Waals surface area contributed by atoms with Crippen molar-refractivity contribution in [1.29, 1.82) is 0 Å². The first-order chi connectivity index (χ1) is 13.2. The van der Waals surface area contributed by atoms with Crippen LogP contribution in [-0.2, 0) is 13.7 Å². The maximum atomic E-state index is 6.31. The number of aryl methyl sites for hydroxylation is 1. The summed E-state index contributed by atoms with van der Waals surface area (Å²) in [6.07, 6.45) is 0. The normalized spacial score (nSPS) is 11.5. The summed E-state index contributed by atoms with van der Waals surface area (Å²) in [6.45, 7) is 0.283. The van der Waals surface area contributed by atoms with Crippen LogP contribution >= 0.6 is 22.9 Å². The summed E-state index contributed by atoms with van der Waals surface area (Å²) >= 11 is 7.90. The quantitative estimate of drug-likeness (QED) is 0.462. The molecule has 3 heterocycles. The second kappa shape index (κ2) is 6.29. The number of fused-ring (bicyclic) bond motifs is 2. The third-order valence-corrected chi connectivity index (χ3v) is 5.38. The predicted molar refractivity (Wildman–Crippen MR) is 102 cm³/mol. The highest BCUT2D eigenvalue weighted by molar-refractivity contribution is 7.18. The molecule has 0 aliphatic rings. The molecule has 134 valence electrons. The fraction of sp³-hybridized carbons (Fsp3) is 0.118. The molecule has 0 saturated carbocycles. The van der Waals surface area contributed by atoms with Crippen LogP contribution in [0.15, 0.2) is 42.5 Å². The Hall–Kier alpha value is -3.04. The Morgan fingerprint density at radius 3 is 2.81 bits per heavy atom. The molecule has 10 heteroatoms. The molecule has 0 saturated heterocycles. The molecular weight excluding hydrogens is 386 g/mol. The maximum Gasteiger partial charge on any atom is 0.305 e. The Morgan fingerprint density at radius 2 is 2.00 bits per heavy atom. The average molecular weight is 398 g/mol. The van der Waals surface area contributed by atoms with Crippen LogP contribution in [-0.4, -0.2) is 34.7 Å². The first-order valence-electron chi connectivity index (χ1n) is 8.07. The summed E-state index contributed by atoms with van der Waals surface area (Å²) in [6, 6.07) is 13.9. The van der Waals surface area contributed by atoms with Crippen molar-refractivity contribution < 1.29 is 4.74 Å². The van der Waals surface area contributed by atoms with Gasteiger partial charge in [-0.15, -0.1) is 11.3 Å². The standard InChI is InChI=1S/C17H12ClN7OS/c1-24-16(21-22-23-24)25-12-7-4-5-10(18)15(12)20-17(25)26-9-14-19-11-6-2-3-8-13(11)27-14/h2-8H,9H2,1H3. The van der Waals surface area contributed by atoms with Gasteiger partial charge >= 0.3 is 6.01 Å². The first-order valence-corrected chi connectivity index (χ1v) is 9.27. The number of thiazole rings is 1. The van der Waals surface area contributed by atoms with Gasteiger partial charge in [0.15, 0.2) is 0 Å². The average Bonchev–Trinajstić information content (AvgIpc) is 3.36. The van der Waals surface area contributed by atoms with Crippen LogP contribution in [0.4, 0.5) is 0 Å². The molecule has 0 amide bonds. The van der Waals surface area contributed by atoms with Crippen molar-refractivity contribution in [3.05, 3.63) is 52.5 Å². The lowest BCUT2D eigenvalue weighted by Crippen LogP contribution is -2.08. The maximum absolute atomic E-state index is 6.31. The molecule has 0 atom stereocenters. The highest BCUT2D eigenvalue weighted by atomic mass is 35.5. The van der Waals surface area contributed by atoms with E-state index in [0.29, 0.717) is 22.5 Å². The lowest BCUT2D eigenvalue weighted by Gasteiger charge is -2.07. The molecule has 0 aliphatic heterocycles. The molecule has 0 unspecified atom stereocenters. The Morgan fingerprint density at radius 1 is 1.11 bits per heavy atom. The zero-order valence-electron chi connectivity index (χ0n) is 14.1. The van der Waals surface area contributed by atoms with E-state index in [1.165, 1.54) is 0 Å². The lowest BCUT2D eigenvalue weighted by atomic mass is 10.3. The summed E-state index contributed by atoms with van der Waals surface area (Å²) in [5, 5.41) is 13.1. The molecule has 27 heavy (non-hydrogen) atoms. The second-order valence-electron chi connectivity index (χ2n) is 5.80. The molecule has 8 nitrogen and oxygen atoms in total. The van der Waals surface area contributed by atoms with Crippen LogP contribution in [0.1, 0.15) is 5.01 Å². The Labute approximate surface area is 162 Å². The number of halogens is 1. The molecule has 0 fully saturated rings. The second-order valence-corrected chi connectivity index (χ2v) is 7.33. The van der Waals surface area contributed by atoms with Crippen molar-refractivity contribution in [2.24, 2.45) is 7.05 Å². The van der Waals surface area contributed by atoms with Crippen molar-refractivity contribution in [1.82, 2.24) is 34.7 Å². The highest BCUT2D eigenvalue weighted by Gasteiger charge is 2.20. The molecule has 0 N–H and O–H groups in total. The van der Waals surface area contributed by atoms with Crippen LogP contribution in [0.5, 0.6) is 6.01 Å². The van der Waals surface area contributed by atoms with Gasteiger partial charge in [-0.1, -0.05) is 34.9 Å². The van der Waals surface area contributed by atoms with Crippen molar-refractivity contribution in [2.45, 2.75) is 6.61 Å². The summed E-state index contributed by atoms with van der Waals surface area (Å²) in [4.78, 5) is 9.15. The number of para-hydroxylation sites is 2. The number of aromatic nitrogens is 7. The summed E-state index contributed by atoms with van der Waals surface area (Å²) in [5.41, 5.74) is 2.34. The fourth-order valence-corrected chi connectivity index (χ4v) is 3.95. The minimum atomic E-state index is 0.283. The van der Waals surface area contributed by atoms with E-state index >= 15 is 0 Å². The summed E-state index contributed by atoms with van der Waals surface area (Å²) in [7, 11) is 1.75. The molecule has 0 bridgehead atoms. The number of imidazole rings is 1. The molecule has 0 radical (unpaired) electrons. The van der Waals surface area contributed by atoms with Crippen LogP contribution in [0.2, 0.25) is 5.02 Å². The third kappa shape index (κ3) is 2.71. The van der Waals surface area contributed by atoms with E-state index in [1.54, 1.807) is 33.7 Å². The molecule has 5 rings (SSSR count). The fourth-order valence-electron chi connectivity index (χ4n) is 2.86. The van der Waals surface area contributed by atoms with Crippen LogP contribution in [0.25, 0.3) is 27.2 Å². The van der Waals surface area contributed by atoms with Gasteiger partial charge in [0, 0.05) is 7.05 Å². The van der Waals surface area contributed by atoms with Crippen LogP contribution in [0.3, 0.4) is 0 Å². The van der Waals surface area contributed by atoms with Gasteiger partial charge in [-0.25, -0.2) is 14.2 Å². The third-order valence-electron chi connectivity index (χ3n) is 4.07. The van der Waals surface area contributed by atoms with Gasteiger partial charge in [0.25, 0.3) is 5.95 Å². The Balaban J connectivity index is 1.58. The van der Waals surface area contributed by atoms with Gasteiger partial charge in [-0.2, -0.15) is 4.98 Å². The summed E-state index contributed by atoms with van der Waals surface area (Å²) < 4.78 is 10.4. The number of benzene rings is 2. The van der Waals surface area contributed by atoms with E-state index in [1.807, 2.05) is 36.4 Å². The highest BCUT2D eigenvalue weighted by Crippen LogP contribution is 2.30. The SMILES string of the molecule is Cn1nnnc1-n1c(OCc2nc3ccccc3s2)nc2c(Cl)cccc21. The molecule has 5 aromatic rings. The Kier molecular flexibility index (Phi) is 3.76. The topological polar surface area (TPSA) is 83.5 Å². The number of hydrogen-bond donors (Lipinski definition) is 0. The molecular formula is C17H12ClN7OS. The zero-order chi connectivity index (χ0) is 18.4. The number of tetrazole rings is 1. The van der Waals surface area contributed by atoms with E-state index in [9.17, 15) is 0 Å². The number of nitrogens with zero attached hydrogens (tertiary/aromatic N) is 7. The first kappa shape index (κ1) is 16.2. The van der Waals surface area contributed by atoms with Gasteiger partial charge < -0.3 is 4.74 Å². The lowest BCUT2D eigenvalue weighted by molar-refractivity contribution is 0.276. The van der Waals surface area contributed by atoms with E-state index in [4.69, 9.17) is 16.3 Å². The van der Waals surface area contributed by atoms with Crippen molar-refractivity contribution in [2.75, 3.05) is 0 Å².